The molecule has 0 saturated carbocycles. The second-order valence-corrected chi connectivity index (χ2v) is 5.56. The number of hydrogen-bond donors (Lipinski definition) is 1. The molecule has 4 heteroatoms. The van der Waals surface area contributed by atoms with Crippen molar-refractivity contribution < 1.29 is 9.53 Å². The lowest BCUT2D eigenvalue weighted by Gasteiger charge is -2.30. The SMILES string of the molecule is COc1cccc2c1NC(=O)C(C)(C)S2. The van der Waals surface area contributed by atoms with Gasteiger partial charge in [-0.3, -0.25) is 4.79 Å². The Hall–Kier alpha value is -1.16. The molecule has 0 unspecified atom stereocenters. The summed E-state index contributed by atoms with van der Waals surface area (Å²) in [6, 6.07) is 5.76. The van der Waals surface area contributed by atoms with E-state index in [4.69, 9.17) is 4.74 Å². The average molecular weight is 223 g/mol. The molecule has 1 aromatic carbocycles. The van der Waals surface area contributed by atoms with Crippen LogP contribution in [0.2, 0.25) is 0 Å². The molecule has 0 aromatic heterocycles. The summed E-state index contributed by atoms with van der Waals surface area (Å²) in [6.45, 7) is 3.82. The van der Waals surface area contributed by atoms with E-state index in [9.17, 15) is 4.79 Å². The minimum absolute atomic E-state index is 0.0181. The quantitative estimate of drug-likeness (QED) is 0.795. The van der Waals surface area contributed by atoms with Gasteiger partial charge in [-0.1, -0.05) is 6.07 Å². The molecule has 1 aliphatic heterocycles. The Balaban J connectivity index is 2.49. The number of ether oxygens (including phenoxy) is 1. The number of carbonyl (C=O) groups is 1. The van der Waals surface area contributed by atoms with E-state index in [1.807, 2.05) is 32.0 Å². The predicted octanol–water partition coefficient (Wildman–Crippen LogP) is 2.52. The van der Waals surface area contributed by atoms with Gasteiger partial charge in [0.15, 0.2) is 0 Å². The van der Waals surface area contributed by atoms with Gasteiger partial charge in [-0.2, -0.15) is 0 Å². The van der Waals surface area contributed by atoms with Crippen LogP contribution in [0.3, 0.4) is 0 Å². The fourth-order valence-corrected chi connectivity index (χ4v) is 2.57. The molecule has 3 nitrogen and oxygen atoms in total. The van der Waals surface area contributed by atoms with Gasteiger partial charge in [0.1, 0.15) is 5.75 Å². The lowest BCUT2D eigenvalue weighted by atomic mass is 10.1. The number of thioether (sulfide) groups is 1. The molecule has 0 fully saturated rings. The van der Waals surface area contributed by atoms with Crippen LogP contribution in [-0.2, 0) is 4.79 Å². The Bertz CT molecular complexity index is 415. The van der Waals surface area contributed by atoms with Crippen LogP contribution in [-0.4, -0.2) is 17.8 Å². The summed E-state index contributed by atoms with van der Waals surface area (Å²) in [7, 11) is 1.60. The second kappa shape index (κ2) is 3.45. The Morgan fingerprint density at radius 3 is 2.80 bits per heavy atom. The monoisotopic (exact) mass is 223 g/mol. The van der Waals surface area contributed by atoms with Crippen LogP contribution in [0.15, 0.2) is 23.1 Å². The lowest BCUT2D eigenvalue weighted by molar-refractivity contribution is -0.117. The van der Waals surface area contributed by atoms with Gasteiger partial charge in [-0.25, -0.2) is 0 Å². The molecule has 15 heavy (non-hydrogen) atoms. The maximum absolute atomic E-state index is 11.8. The third-order valence-electron chi connectivity index (χ3n) is 2.36. The highest BCUT2D eigenvalue weighted by molar-refractivity contribution is 8.01. The van der Waals surface area contributed by atoms with Crippen molar-refractivity contribution in [2.24, 2.45) is 0 Å². The topological polar surface area (TPSA) is 38.3 Å². The normalized spacial score (nSPS) is 17.9. The van der Waals surface area contributed by atoms with Gasteiger partial charge in [-0.15, -0.1) is 11.8 Å². The summed E-state index contributed by atoms with van der Waals surface area (Å²) < 4.78 is 4.78. The van der Waals surface area contributed by atoms with E-state index in [0.29, 0.717) is 5.75 Å². The van der Waals surface area contributed by atoms with Crippen molar-refractivity contribution in [1.82, 2.24) is 0 Å². The molecular weight excluding hydrogens is 210 g/mol. The van der Waals surface area contributed by atoms with Gasteiger partial charge in [0, 0.05) is 4.90 Å². The third kappa shape index (κ3) is 1.69. The van der Waals surface area contributed by atoms with Crippen LogP contribution in [0.4, 0.5) is 5.69 Å². The number of rotatable bonds is 1. The molecule has 1 aliphatic rings. The van der Waals surface area contributed by atoms with Crippen LogP contribution >= 0.6 is 11.8 Å². The van der Waals surface area contributed by atoms with E-state index >= 15 is 0 Å². The molecule has 80 valence electrons. The van der Waals surface area contributed by atoms with Crippen LogP contribution in [0, 0.1) is 0 Å². The zero-order chi connectivity index (χ0) is 11.1. The summed E-state index contributed by atoms with van der Waals surface area (Å²) in [4.78, 5) is 12.8. The standard InChI is InChI=1S/C11H13NO2S/c1-11(2)10(13)12-9-7(14-3)5-4-6-8(9)15-11/h4-6H,1-3H3,(H,12,13). The van der Waals surface area contributed by atoms with E-state index < -0.39 is 4.75 Å². The summed E-state index contributed by atoms with van der Waals surface area (Å²) in [6.07, 6.45) is 0. The van der Waals surface area contributed by atoms with Crippen LogP contribution in [0.1, 0.15) is 13.8 Å². The van der Waals surface area contributed by atoms with Gasteiger partial charge in [0.05, 0.1) is 17.5 Å². The fourth-order valence-electron chi connectivity index (χ4n) is 1.47. The van der Waals surface area contributed by atoms with E-state index in [1.54, 1.807) is 18.9 Å². The van der Waals surface area contributed by atoms with E-state index in [-0.39, 0.29) is 5.91 Å². The van der Waals surface area contributed by atoms with E-state index in [0.717, 1.165) is 10.6 Å². The number of amides is 1. The minimum Gasteiger partial charge on any atom is -0.495 e. The molecule has 1 N–H and O–H groups in total. The summed E-state index contributed by atoms with van der Waals surface area (Å²) in [5.74, 6) is 0.730. The number of para-hydroxylation sites is 1. The first kappa shape index (κ1) is 10.4. The van der Waals surface area contributed by atoms with Crippen LogP contribution in [0.25, 0.3) is 0 Å². The van der Waals surface area contributed by atoms with Gasteiger partial charge >= 0.3 is 0 Å². The van der Waals surface area contributed by atoms with Crippen molar-refractivity contribution >= 4 is 23.4 Å². The average Bonchev–Trinajstić information content (AvgIpc) is 2.18. The van der Waals surface area contributed by atoms with E-state index in [2.05, 4.69) is 5.32 Å². The van der Waals surface area contributed by atoms with Crippen LogP contribution in [0.5, 0.6) is 5.75 Å². The number of carbonyl (C=O) groups excluding carboxylic acids is 1. The highest BCUT2D eigenvalue weighted by atomic mass is 32.2. The molecule has 0 bridgehead atoms. The van der Waals surface area contributed by atoms with Gasteiger partial charge in [0.25, 0.3) is 0 Å². The molecule has 0 radical (unpaired) electrons. The summed E-state index contributed by atoms with van der Waals surface area (Å²) in [5.41, 5.74) is 0.786. The molecule has 1 heterocycles. The van der Waals surface area contributed by atoms with Crippen molar-refractivity contribution in [3.8, 4) is 5.75 Å². The van der Waals surface area contributed by atoms with Crippen LogP contribution < -0.4 is 10.1 Å². The molecule has 2 rings (SSSR count). The number of methoxy groups -OCH3 is 1. The van der Waals surface area contributed by atoms with Gasteiger partial charge in [0.2, 0.25) is 5.91 Å². The number of nitrogens with one attached hydrogen (secondary N) is 1. The maximum atomic E-state index is 11.8. The van der Waals surface area contributed by atoms with Gasteiger partial charge in [-0.05, 0) is 26.0 Å². The molecule has 0 spiro atoms. The van der Waals surface area contributed by atoms with Crippen molar-refractivity contribution in [3.63, 3.8) is 0 Å². The molecule has 0 saturated heterocycles. The molecular formula is C11H13NO2S. The largest absolute Gasteiger partial charge is 0.495 e. The summed E-state index contributed by atoms with van der Waals surface area (Å²) in [5, 5.41) is 2.88. The Labute approximate surface area is 93.2 Å². The molecule has 0 aliphatic carbocycles. The minimum atomic E-state index is -0.417. The zero-order valence-corrected chi connectivity index (χ0v) is 9.77. The van der Waals surface area contributed by atoms with Crippen molar-refractivity contribution in [3.05, 3.63) is 18.2 Å². The van der Waals surface area contributed by atoms with Crippen molar-refractivity contribution in [2.75, 3.05) is 12.4 Å². The molecule has 1 amide bonds. The zero-order valence-electron chi connectivity index (χ0n) is 8.96. The van der Waals surface area contributed by atoms with Gasteiger partial charge < -0.3 is 10.1 Å². The van der Waals surface area contributed by atoms with Crippen molar-refractivity contribution in [1.29, 1.82) is 0 Å². The summed E-state index contributed by atoms with van der Waals surface area (Å²) >= 11 is 1.56. The van der Waals surface area contributed by atoms with Crippen molar-refractivity contribution in [2.45, 2.75) is 23.5 Å². The first-order valence-corrected chi connectivity index (χ1v) is 5.54. The Kier molecular flexibility index (Phi) is 2.38. The Morgan fingerprint density at radius 2 is 2.13 bits per heavy atom. The predicted molar refractivity (Wildman–Crippen MR) is 61.6 cm³/mol. The maximum Gasteiger partial charge on any atom is 0.240 e. The smallest absolute Gasteiger partial charge is 0.240 e. The highest BCUT2D eigenvalue weighted by Gasteiger charge is 2.35. The molecule has 0 atom stereocenters. The number of benzene rings is 1. The first-order valence-electron chi connectivity index (χ1n) is 4.72. The first-order chi connectivity index (χ1) is 7.04. The second-order valence-electron chi connectivity index (χ2n) is 3.90. The molecule has 1 aromatic rings. The third-order valence-corrected chi connectivity index (χ3v) is 3.61. The fraction of sp³-hybridized carbons (Fsp3) is 0.364. The number of fused-ring (bicyclic) bond motifs is 1. The number of anilines is 1. The lowest BCUT2D eigenvalue weighted by Crippen LogP contribution is -2.37. The van der Waals surface area contributed by atoms with E-state index in [1.165, 1.54) is 0 Å². The highest BCUT2D eigenvalue weighted by Crippen LogP contribution is 2.45. The Morgan fingerprint density at radius 1 is 1.40 bits per heavy atom. The number of hydrogen-bond acceptors (Lipinski definition) is 3.